The van der Waals surface area contributed by atoms with Gasteiger partial charge in [-0.1, -0.05) is 37.3 Å². The van der Waals surface area contributed by atoms with E-state index < -0.39 is 0 Å². The minimum atomic E-state index is 0.479. The first-order valence-corrected chi connectivity index (χ1v) is 7.39. The lowest BCUT2D eigenvalue weighted by Gasteiger charge is -2.25. The van der Waals surface area contributed by atoms with Crippen LogP contribution in [0, 0.1) is 0 Å². The van der Waals surface area contributed by atoms with Gasteiger partial charge in [0.2, 0.25) is 0 Å². The molecule has 1 saturated heterocycles. The van der Waals surface area contributed by atoms with E-state index in [1.54, 1.807) is 7.11 Å². The van der Waals surface area contributed by atoms with E-state index in [2.05, 4.69) is 36.1 Å². The van der Waals surface area contributed by atoms with Crippen molar-refractivity contribution in [2.45, 2.75) is 19.3 Å². The smallest absolute Gasteiger partial charge is 0.122 e. The molecule has 1 aliphatic heterocycles. The summed E-state index contributed by atoms with van der Waals surface area (Å²) in [5.74, 6) is 1.47. The van der Waals surface area contributed by atoms with Gasteiger partial charge in [-0.05, 0) is 24.0 Å². The van der Waals surface area contributed by atoms with Crippen LogP contribution in [0.15, 0.2) is 36.4 Å². The van der Waals surface area contributed by atoms with Crippen LogP contribution in [0.4, 0.5) is 0 Å². The number of rotatable bonds is 6. The van der Waals surface area contributed by atoms with Crippen LogP contribution in [0.1, 0.15) is 24.8 Å². The van der Waals surface area contributed by atoms with Gasteiger partial charge in [0.25, 0.3) is 0 Å². The molecule has 1 atom stereocenters. The minimum absolute atomic E-state index is 0.479. The minimum Gasteiger partial charge on any atom is -0.496 e. The molecule has 110 valence electrons. The lowest BCUT2D eigenvalue weighted by atomic mass is 9.96. The van der Waals surface area contributed by atoms with Crippen molar-refractivity contribution in [2.75, 3.05) is 40.0 Å². The number of methoxy groups -OCH3 is 1. The van der Waals surface area contributed by atoms with E-state index in [1.165, 1.54) is 5.56 Å². The zero-order chi connectivity index (χ0) is 14.2. The molecule has 0 spiro atoms. The molecule has 1 aliphatic rings. The Morgan fingerprint density at radius 3 is 2.75 bits per heavy atom. The first-order chi connectivity index (χ1) is 9.81. The van der Waals surface area contributed by atoms with Crippen LogP contribution in [0.25, 0.3) is 0 Å². The average Bonchev–Trinajstić information content (AvgIpc) is 2.52. The molecular weight excluding hydrogens is 250 g/mol. The zero-order valence-corrected chi connectivity index (χ0v) is 12.5. The fourth-order valence-corrected chi connectivity index (χ4v) is 2.51. The Bertz CT molecular complexity index is 425. The molecule has 0 aromatic heterocycles. The average molecular weight is 275 g/mol. The largest absolute Gasteiger partial charge is 0.496 e. The molecule has 1 fully saturated rings. The summed E-state index contributed by atoms with van der Waals surface area (Å²) in [4.78, 5) is 2.42. The molecular formula is C17H25NO2. The summed E-state index contributed by atoms with van der Waals surface area (Å²) in [7, 11) is 1.74. The second-order valence-electron chi connectivity index (χ2n) is 5.26. The summed E-state index contributed by atoms with van der Waals surface area (Å²) < 4.78 is 10.8. The van der Waals surface area contributed by atoms with Crippen LogP contribution < -0.4 is 4.74 Å². The number of hydrogen-bond donors (Lipinski definition) is 0. The molecule has 0 bridgehead atoms. The van der Waals surface area contributed by atoms with E-state index in [0.717, 1.165) is 45.0 Å². The predicted molar refractivity (Wildman–Crippen MR) is 82.4 cm³/mol. The van der Waals surface area contributed by atoms with Gasteiger partial charge in [-0.25, -0.2) is 0 Å². The number of para-hydroxylation sites is 1. The summed E-state index contributed by atoms with van der Waals surface area (Å²) in [6, 6.07) is 8.28. The van der Waals surface area contributed by atoms with Crippen molar-refractivity contribution in [3.63, 3.8) is 0 Å². The fraction of sp³-hybridized carbons (Fsp3) is 0.529. The predicted octanol–water partition coefficient (Wildman–Crippen LogP) is 3.08. The van der Waals surface area contributed by atoms with Gasteiger partial charge in [0.1, 0.15) is 5.75 Å². The molecule has 0 aliphatic carbocycles. The second-order valence-corrected chi connectivity index (χ2v) is 5.26. The zero-order valence-electron chi connectivity index (χ0n) is 12.5. The molecule has 1 aromatic carbocycles. The van der Waals surface area contributed by atoms with Gasteiger partial charge in [-0.15, -0.1) is 0 Å². The third-order valence-electron chi connectivity index (χ3n) is 3.79. The molecule has 1 heterocycles. The Balaban J connectivity index is 1.80. The van der Waals surface area contributed by atoms with Crippen LogP contribution >= 0.6 is 0 Å². The van der Waals surface area contributed by atoms with Crippen molar-refractivity contribution < 1.29 is 9.47 Å². The van der Waals surface area contributed by atoms with E-state index >= 15 is 0 Å². The highest BCUT2D eigenvalue weighted by molar-refractivity contribution is 5.36. The summed E-state index contributed by atoms with van der Waals surface area (Å²) >= 11 is 0. The van der Waals surface area contributed by atoms with Gasteiger partial charge < -0.3 is 9.47 Å². The van der Waals surface area contributed by atoms with E-state index in [-0.39, 0.29) is 0 Å². The SMILES string of the molecule is COc1ccccc1C(C)C/C=C/CN1CCOCC1. The fourth-order valence-electron chi connectivity index (χ4n) is 2.51. The molecule has 1 aromatic rings. The van der Waals surface area contributed by atoms with Crippen molar-refractivity contribution >= 4 is 0 Å². The van der Waals surface area contributed by atoms with Gasteiger partial charge in [0.15, 0.2) is 0 Å². The molecule has 0 saturated carbocycles. The number of nitrogens with zero attached hydrogens (tertiary/aromatic N) is 1. The van der Waals surface area contributed by atoms with E-state index in [9.17, 15) is 0 Å². The van der Waals surface area contributed by atoms with Crippen LogP contribution in [0.3, 0.4) is 0 Å². The standard InChI is InChI=1S/C17H25NO2/c1-15(16-8-3-4-9-17(16)19-2)7-5-6-10-18-11-13-20-14-12-18/h3-6,8-9,15H,7,10-14H2,1-2H3/b6-5+. The first kappa shape index (κ1) is 15.1. The molecule has 0 amide bonds. The van der Waals surface area contributed by atoms with Crippen molar-refractivity contribution in [2.24, 2.45) is 0 Å². The van der Waals surface area contributed by atoms with E-state index in [1.807, 2.05) is 12.1 Å². The van der Waals surface area contributed by atoms with Crippen molar-refractivity contribution in [3.8, 4) is 5.75 Å². The molecule has 3 heteroatoms. The number of ether oxygens (including phenoxy) is 2. The maximum atomic E-state index is 5.42. The van der Waals surface area contributed by atoms with Gasteiger partial charge >= 0.3 is 0 Å². The highest BCUT2D eigenvalue weighted by Gasteiger charge is 2.10. The number of allylic oxidation sites excluding steroid dienone is 1. The number of hydrogen-bond acceptors (Lipinski definition) is 3. The van der Waals surface area contributed by atoms with Gasteiger partial charge in [-0.3, -0.25) is 4.90 Å². The molecule has 2 rings (SSSR count). The second kappa shape index (κ2) is 8.08. The Kier molecular flexibility index (Phi) is 6.09. The van der Waals surface area contributed by atoms with Crippen molar-refractivity contribution in [1.82, 2.24) is 4.90 Å². The van der Waals surface area contributed by atoms with Crippen molar-refractivity contribution in [1.29, 1.82) is 0 Å². The summed E-state index contributed by atoms with van der Waals surface area (Å²) in [5.41, 5.74) is 1.28. The van der Waals surface area contributed by atoms with Gasteiger partial charge in [0.05, 0.1) is 20.3 Å². The molecule has 0 radical (unpaired) electrons. The number of morpholine rings is 1. The van der Waals surface area contributed by atoms with Crippen LogP contribution in [-0.4, -0.2) is 44.9 Å². The molecule has 20 heavy (non-hydrogen) atoms. The number of benzene rings is 1. The molecule has 0 N–H and O–H groups in total. The summed E-state index contributed by atoms with van der Waals surface area (Å²) in [6.45, 7) is 7.11. The van der Waals surface area contributed by atoms with E-state index in [4.69, 9.17) is 9.47 Å². The summed E-state index contributed by atoms with van der Waals surface area (Å²) in [5, 5.41) is 0. The normalized spacial score (nSPS) is 18.3. The maximum absolute atomic E-state index is 5.42. The van der Waals surface area contributed by atoms with Crippen molar-refractivity contribution in [3.05, 3.63) is 42.0 Å². The Labute approximate surface area is 122 Å². The third-order valence-corrected chi connectivity index (χ3v) is 3.79. The van der Waals surface area contributed by atoms with E-state index in [0.29, 0.717) is 5.92 Å². The lowest BCUT2D eigenvalue weighted by Crippen LogP contribution is -2.36. The maximum Gasteiger partial charge on any atom is 0.122 e. The Hall–Kier alpha value is -1.32. The highest BCUT2D eigenvalue weighted by Crippen LogP contribution is 2.28. The van der Waals surface area contributed by atoms with Gasteiger partial charge in [-0.2, -0.15) is 0 Å². The van der Waals surface area contributed by atoms with Crippen LogP contribution in [0.5, 0.6) is 5.75 Å². The highest BCUT2D eigenvalue weighted by atomic mass is 16.5. The quantitative estimate of drug-likeness (QED) is 0.745. The Morgan fingerprint density at radius 2 is 2.00 bits per heavy atom. The monoisotopic (exact) mass is 275 g/mol. The van der Waals surface area contributed by atoms with Crippen LogP contribution in [0.2, 0.25) is 0 Å². The van der Waals surface area contributed by atoms with Crippen LogP contribution in [-0.2, 0) is 4.74 Å². The Morgan fingerprint density at radius 1 is 1.25 bits per heavy atom. The molecule has 1 unspecified atom stereocenters. The van der Waals surface area contributed by atoms with Gasteiger partial charge in [0, 0.05) is 19.6 Å². The topological polar surface area (TPSA) is 21.7 Å². The summed E-state index contributed by atoms with van der Waals surface area (Å²) in [6.07, 6.45) is 5.61. The first-order valence-electron chi connectivity index (χ1n) is 7.39. The lowest BCUT2D eigenvalue weighted by molar-refractivity contribution is 0.0434. The third kappa shape index (κ3) is 4.36. The molecule has 3 nitrogen and oxygen atoms in total.